The van der Waals surface area contributed by atoms with Crippen LogP contribution in [0.25, 0.3) is 11.3 Å². The Morgan fingerprint density at radius 2 is 1.73 bits per heavy atom. The molecule has 4 rings (SSSR count). The van der Waals surface area contributed by atoms with E-state index in [1.165, 1.54) is 0 Å². The number of aromatic amines is 1. The second-order valence-corrected chi connectivity index (χ2v) is 8.20. The van der Waals surface area contributed by atoms with Gasteiger partial charge in [0.15, 0.2) is 0 Å². The molecule has 0 bridgehead atoms. The van der Waals surface area contributed by atoms with Crippen molar-refractivity contribution in [2.24, 2.45) is 4.99 Å². The molecule has 3 N–H and O–H groups in total. The number of nitrogens with zero attached hydrogens (tertiary/aromatic N) is 2. The van der Waals surface area contributed by atoms with Gasteiger partial charge in [0.1, 0.15) is 5.82 Å². The first-order chi connectivity index (χ1) is 15.8. The standard InChI is InChI=1S/C23H21ClF3N5O/c24-17-11-7-14(8-12-17)19-13-20(32-31-19)29-22(28-18-3-1-2-4-18)30-21(33)15-5-9-16(10-6-15)23(25,26)27/h5-13,18H,1-4H2,(H3,28,29,30,31,32,33). The number of carbonyl (C=O) groups is 1. The van der Waals surface area contributed by atoms with E-state index in [-0.39, 0.29) is 17.6 Å². The molecule has 1 fully saturated rings. The van der Waals surface area contributed by atoms with Crippen molar-refractivity contribution >= 4 is 29.3 Å². The van der Waals surface area contributed by atoms with Crippen LogP contribution in [0.3, 0.4) is 0 Å². The van der Waals surface area contributed by atoms with Gasteiger partial charge in [-0.3, -0.25) is 9.89 Å². The largest absolute Gasteiger partial charge is 0.416 e. The number of aliphatic imine (C=N–C) groups is 1. The van der Waals surface area contributed by atoms with Crippen molar-refractivity contribution in [1.82, 2.24) is 15.5 Å². The SMILES string of the molecule is O=C(/N=C(\Nc1cc(-c2ccc(Cl)cc2)n[nH]1)NC1CCCC1)c1ccc(C(F)(F)F)cc1. The first-order valence-electron chi connectivity index (χ1n) is 10.4. The van der Waals surface area contributed by atoms with E-state index in [1.54, 1.807) is 18.2 Å². The normalized spacial score (nSPS) is 15.0. The monoisotopic (exact) mass is 475 g/mol. The zero-order valence-electron chi connectivity index (χ0n) is 17.4. The highest BCUT2D eigenvalue weighted by atomic mass is 35.5. The van der Waals surface area contributed by atoms with E-state index in [4.69, 9.17) is 11.6 Å². The van der Waals surface area contributed by atoms with E-state index in [0.717, 1.165) is 55.5 Å². The maximum atomic E-state index is 12.8. The van der Waals surface area contributed by atoms with Crippen LogP contribution in [-0.2, 0) is 6.18 Å². The molecule has 0 aliphatic heterocycles. The van der Waals surface area contributed by atoms with Crippen molar-refractivity contribution in [3.63, 3.8) is 0 Å². The van der Waals surface area contributed by atoms with Crippen molar-refractivity contribution in [3.05, 3.63) is 70.7 Å². The Kier molecular flexibility index (Phi) is 6.69. The zero-order chi connectivity index (χ0) is 23.4. The van der Waals surface area contributed by atoms with Gasteiger partial charge in [-0.2, -0.15) is 23.3 Å². The van der Waals surface area contributed by atoms with Gasteiger partial charge < -0.3 is 10.6 Å². The van der Waals surface area contributed by atoms with Gasteiger partial charge in [-0.05, 0) is 49.2 Å². The molecule has 1 aliphatic rings. The minimum absolute atomic E-state index is 0.0574. The summed E-state index contributed by atoms with van der Waals surface area (Å²) in [5, 5.41) is 14.0. The summed E-state index contributed by atoms with van der Waals surface area (Å²) < 4.78 is 38.4. The van der Waals surface area contributed by atoms with E-state index in [0.29, 0.717) is 16.5 Å². The molecule has 0 radical (unpaired) electrons. The topological polar surface area (TPSA) is 82.2 Å². The fraction of sp³-hybridized carbons (Fsp3) is 0.261. The Morgan fingerprint density at radius 3 is 2.36 bits per heavy atom. The number of alkyl halides is 3. The number of hydrogen-bond donors (Lipinski definition) is 3. The van der Waals surface area contributed by atoms with E-state index >= 15 is 0 Å². The van der Waals surface area contributed by atoms with Crippen LogP contribution in [0.2, 0.25) is 5.02 Å². The molecule has 0 saturated heterocycles. The fourth-order valence-corrected chi connectivity index (χ4v) is 3.74. The number of H-pyrrole nitrogens is 1. The number of aromatic nitrogens is 2. The predicted molar refractivity (Wildman–Crippen MR) is 121 cm³/mol. The Bertz CT molecular complexity index is 1130. The molecular formula is C23H21ClF3N5O. The van der Waals surface area contributed by atoms with E-state index < -0.39 is 17.6 Å². The number of hydrogen-bond acceptors (Lipinski definition) is 2. The molecular weight excluding hydrogens is 455 g/mol. The van der Waals surface area contributed by atoms with Gasteiger partial charge in [-0.1, -0.05) is 36.6 Å². The molecule has 3 aromatic rings. The average Bonchev–Trinajstić information content (AvgIpc) is 3.46. The maximum Gasteiger partial charge on any atom is 0.416 e. The fourth-order valence-electron chi connectivity index (χ4n) is 3.61. The van der Waals surface area contributed by atoms with Gasteiger partial charge in [0.05, 0.1) is 11.3 Å². The summed E-state index contributed by atoms with van der Waals surface area (Å²) in [6, 6.07) is 13.1. The highest BCUT2D eigenvalue weighted by Crippen LogP contribution is 2.29. The number of rotatable bonds is 4. The lowest BCUT2D eigenvalue weighted by atomic mass is 10.1. The number of nitrogens with one attached hydrogen (secondary N) is 3. The van der Waals surface area contributed by atoms with Gasteiger partial charge >= 0.3 is 6.18 Å². The van der Waals surface area contributed by atoms with Gasteiger partial charge in [0, 0.05) is 28.3 Å². The smallest absolute Gasteiger partial charge is 0.353 e. The first kappa shape index (κ1) is 22.8. The molecule has 172 valence electrons. The summed E-state index contributed by atoms with van der Waals surface area (Å²) in [5.74, 6) is 0.0525. The van der Waals surface area contributed by atoms with Crippen LogP contribution in [-0.4, -0.2) is 28.1 Å². The summed E-state index contributed by atoms with van der Waals surface area (Å²) in [6.45, 7) is 0. The van der Waals surface area contributed by atoms with Crippen LogP contribution in [0.4, 0.5) is 19.0 Å². The minimum atomic E-state index is -4.47. The van der Waals surface area contributed by atoms with E-state index in [2.05, 4.69) is 25.8 Å². The van der Waals surface area contributed by atoms with Crippen molar-refractivity contribution < 1.29 is 18.0 Å². The summed E-state index contributed by atoms with van der Waals surface area (Å²) in [4.78, 5) is 16.8. The molecule has 0 atom stereocenters. The highest BCUT2D eigenvalue weighted by molar-refractivity contribution is 6.30. The number of benzene rings is 2. The first-order valence-corrected chi connectivity index (χ1v) is 10.8. The summed E-state index contributed by atoms with van der Waals surface area (Å²) in [6.07, 6.45) is -0.447. The number of halogens is 4. The van der Waals surface area contributed by atoms with Gasteiger partial charge in [0.2, 0.25) is 5.96 Å². The lowest BCUT2D eigenvalue weighted by molar-refractivity contribution is -0.137. The maximum absolute atomic E-state index is 12.8. The molecule has 2 aromatic carbocycles. The summed E-state index contributed by atoms with van der Waals surface area (Å²) in [5.41, 5.74) is 0.759. The van der Waals surface area contributed by atoms with E-state index in [9.17, 15) is 18.0 Å². The zero-order valence-corrected chi connectivity index (χ0v) is 18.2. The molecule has 1 aliphatic carbocycles. The predicted octanol–water partition coefficient (Wildman–Crippen LogP) is 5.89. The third-order valence-corrected chi connectivity index (χ3v) is 5.59. The third-order valence-electron chi connectivity index (χ3n) is 5.34. The van der Waals surface area contributed by atoms with Crippen LogP contribution in [0, 0.1) is 0 Å². The third kappa shape index (κ3) is 5.92. The Hall–Kier alpha value is -3.33. The molecule has 1 aromatic heterocycles. The van der Waals surface area contributed by atoms with Crippen molar-refractivity contribution in [1.29, 1.82) is 0 Å². The quantitative estimate of drug-likeness (QED) is 0.324. The van der Waals surface area contributed by atoms with Crippen LogP contribution < -0.4 is 10.6 Å². The lowest BCUT2D eigenvalue weighted by Crippen LogP contribution is -2.38. The van der Waals surface area contributed by atoms with Crippen LogP contribution >= 0.6 is 11.6 Å². The Labute approximate surface area is 193 Å². The molecule has 10 heteroatoms. The molecule has 1 saturated carbocycles. The van der Waals surface area contributed by atoms with E-state index in [1.807, 2.05) is 12.1 Å². The molecule has 33 heavy (non-hydrogen) atoms. The van der Waals surface area contributed by atoms with Crippen molar-refractivity contribution in [3.8, 4) is 11.3 Å². The number of guanidine groups is 1. The number of anilines is 1. The van der Waals surface area contributed by atoms with Crippen LogP contribution in [0.5, 0.6) is 0 Å². The average molecular weight is 476 g/mol. The number of amides is 1. The van der Waals surface area contributed by atoms with Crippen molar-refractivity contribution in [2.75, 3.05) is 5.32 Å². The molecule has 0 spiro atoms. The molecule has 1 heterocycles. The Balaban J connectivity index is 1.54. The summed E-state index contributed by atoms with van der Waals surface area (Å²) in [7, 11) is 0. The molecule has 6 nitrogen and oxygen atoms in total. The van der Waals surface area contributed by atoms with Crippen molar-refractivity contribution in [2.45, 2.75) is 37.9 Å². The van der Waals surface area contributed by atoms with Gasteiger partial charge in [-0.25, -0.2) is 0 Å². The number of carbonyl (C=O) groups excluding carboxylic acids is 1. The van der Waals surface area contributed by atoms with Gasteiger partial charge in [0.25, 0.3) is 5.91 Å². The molecule has 1 amide bonds. The summed E-state index contributed by atoms with van der Waals surface area (Å²) >= 11 is 5.93. The molecule has 0 unspecified atom stereocenters. The highest BCUT2D eigenvalue weighted by Gasteiger charge is 2.30. The van der Waals surface area contributed by atoms with Crippen LogP contribution in [0.1, 0.15) is 41.6 Å². The van der Waals surface area contributed by atoms with Crippen LogP contribution in [0.15, 0.2) is 59.6 Å². The van der Waals surface area contributed by atoms with Gasteiger partial charge in [-0.15, -0.1) is 0 Å². The second-order valence-electron chi connectivity index (χ2n) is 7.77. The lowest BCUT2D eigenvalue weighted by Gasteiger charge is -2.16. The minimum Gasteiger partial charge on any atom is -0.353 e. The Morgan fingerprint density at radius 1 is 1.06 bits per heavy atom. The second kappa shape index (κ2) is 9.66.